The highest BCUT2D eigenvalue weighted by Gasteiger charge is 2.27. The predicted molar refractivity (Wildman–Crippen MR) is 105 cm³/mol. The molecule has 0 saturated heterocycles. The van der Waals surface area contributed by atoms with Gasteiger partial charge < -0.3 is 10.2 Å². The van der Waals surface area contributed by atoms with E-state index in [1.807, 2.05) is 17.5 Å². The number of hydrogen-bond acceptors (Lipinski definition) is 4. The summed E-state index contributed by atoms with van der Waals surface area (Å²) in [6, 6.07) is 16.5. The summed E-state index contributed by atoms with van der Waals surface area (Å²) in [7, 11) is 0. The van der Waals surface area contributed by atoms with Gasteiger partial charge in [0.2, 0.25) is 0 Å². The molecule has 1 amide bonds. The standard InChI is InChI=1S/C20H17N3OS2/c21-11-16-15-8-9-23(12-14-5-2-1-3-6-14)13-18(15)26-20(16)22-19(24)17-7-4-10-25-17/h1-7,10H,8-9,12-13H2,(H,22,24)/p+1. The van der Waals surface area contributed by atoms with Crippen molar-refractivity contribution in [1.82, 2.24) is 0 Å². The van der Waals surface area contributed by atoms with E-state index >= 15 is 0 Å². The molecule has 26 heavy (non-hydrogen) atoms. The van der Waals surface area contributed by atoms with Crippen LogP contribution in [0.4, 0.5) is 5.00 Å². The third-order valence-corrected chi connectivity index (χ3v) is 6.63. The Kier molecular flexibility index (Phi) is 4.85. The first kappa shape index (κ1) is 17.0. The number of fused-ring (bicyclic) bond motifs is 1. The first-order valence-electron chi connectivity index (χ1n) is 8.51. The molecule has 0 bridgehead atoms. The van der Waals surface area contributed by atoms with Gasteiger partial charge in [0, 0.05) is 12.0 Å². The average molecular weight is 381 g/mol. The number of rotatable bonds is 4. The Labute approximate surface area is 160 Å². The average Bonchev–Trinajstić information content (AvgIpc) is 3.29. The number of quaternary nitrogens is 1. The van der Waals surface area contributed by atoms with Crippen LogP contribution in [-0.4, -0.2) is 12.5 Å². The Bertz CT molecular complexity index is 955. The van der Waals surface area contributed by atoms with Gasteiger partial charge in [-0.2, -0.15) is 5.26 Å². The summed E-state index contributed by atoms with van der Waals surface area (Å²) in [5.74, 6) is -0.136. The van der Waals surface area contributed by atoms with E-state index in [9.17, 15) is 10.1 Å². The monoisotopic (exact) mass is 380 g/mol. The lowest BCUT2D eigenvalue weighted by atomic mass is 10.0. The van der Waals surface area contributed by atoms with Crippen LogP contribution in [0.25, 0.3) is 0 Å². The Morgan fingerprint density at radius 2 is 2.08 bits per heavy atom. The molecule has 6 heteroatoms. The number of nitrogens with zero attached hydrogens (tertiary/aromatic N) is 1. The smallest absolute Gasteiger partial charge is 0.266 e. The normalized spacial score (nSPS) is 15.9. The van der Waals surface area contributed by atoms with E-state index < -0.39 is 0 Å². The molecule has 1 atom stereocenters. The van der Waals surface area contributed by atoms with Gasteiger partial charge in [-0.25, -0.2) is 0 Å². The van der Waals surface area contributed by atoms with Crippen molar-refractivity contribution >= 4 is 33.6 Å². The van der Waals surface area contributed by atoms with Crippen LogP contribution in [0.5, 0.6) is 0 Å². The van der Waals surface area contributed by atoms with Crippen LogP contribution in [0.2, 0.25) is 0 Å². The largest absolute Gasteiger partial charge is 0.326 e. The van der Waals surface area contributed by atoms with Crippen LogP contribution in [-0.2, 0) is 19.5 Å². The Morgan fingerprint density at radius 3 is 2.81 bits per heavy atom. The van der Waals surface area contributed by atoms with Crippen molar-refractivity contribution in [3.8, 4) is 6.07 Å². The molecule has 1 aromatic carbocycles. The molecule has 3 heterocycles. The molecule has 3 aromatic rings. The van der Waals surface area contributed by atoms with E-state index in [-0.39, 0.29) is 5.91 Å². The number of nitrogens with one attached hydrogen (secondary N) is 2. The molecule has 4 nitrogen and oxygen atoms in total. The summed E-state index contributed by atoms with van der Waals surface area (Å²) in [6.07, 6.45) is 0.881. The first-order chi connectivity index (χ1) is 12.7. The molecule has 0 spiro atoms. The number of benzene rings is 1. The van der Waals surface area contributed by atoms with Crippen LogP contribution in [0.3, 0.4) is 0 Å². The molecule has 0 saturated carbocycles. The number of nitriles is 1. The molecule has 2 N–H and O–H groups in total. The third-order valence-electron chi connectivity index (χ3n) is 4.61. The van der Waals surface area contributed by atoms with Crippen molar-refractivity contribution in [2.45, 2.75) is 19.5 Å². The van der Waals surface area contributed by atoms with E-state index in [4.69, 9.17) is 0 Å². The van der Waals surface area contributed by atoms with Crippen LogP contribution < -0.4 is 10.2 Å². The topological polar surface area (TPSA) is 57.3 Å². The highest BCUT2D eigenvalue weighted by Crippen LogP contribution is 2.34. The number of carbonyl (C=O) groups is 1. The van der Waals surface area contributed by atoms with E-state index in [1.165, 1.54) is 26.7 Å². The molecular weight excluding hydrogens is 362 g/mol. The van der Waals surface area contributed by atoms with Gasteiger partial charge in [0.25, 0.3) is 5.91 Å². The number of amides is 1. The summed E-state index contributed by atoms with van der Waals surface area (Å²) in [5.41, 5.74) is 3.10. The first-order valence-corrected chi connectivity index (χ1v) is 10.2. The molecule has 0 radical (unpaired) electrons. The Morgan fingerprint density at radius 1 is 1.23 bits per heavy atom. The second kappa shape index (κ2) is 7.42. The predicted octanol–water partition coefficient (Wildman–Crippen LogP) is 3.07. The zero-order valence-corrected chi connectivity index (χ0v) is 15.8. The molecule has 1 aliphatic rings. The maximum atomic E-state index is 12.4. The zero-order valence-electron chi connectivity index (χ0n) is 14.1. The molecule has 0 fully saturated rings. The summed E-state index contributed by atoms with van der Waals surface area (Å²) in [6.45, 7) is 2.89. The number of anilines is 1. The second-order valence-corrected chi connectivity index (χ2v) is 8.39. The van der Waals surface area contributed by atoms with Crippen molar-refractivity contribution < 1.29 is 9.69 Å². The third kappa shape index (κ3) is 3.42. The maximum absolute atomic E-state index is 12.4. The molecular formula is C20H18N3OS2+. The minimum absolute atomic E-state index is 0.136. The Balaban J connectivity index is 1.53. The molecule has 2 aromatic heterocycles. The van der Waals surface area contributed by atoms with E-state index in [0.717, 1.165) is 31.6 Å². The highest BCUT2D eigenvalue weighted by molar-refractivity contribution is 7.17. The summed E-state index contributed by atoms with van der Waals surface area (Å²) < 4.78 is 0. The van der Waals surface area contributed by atoms with E-state index in [0.29, 0.717) is 15.4 Å². The van der Waals surface area contributed by atoms with Gasteiger partial charge in [-0.3, -0.25) is 4.79 Å². The minimum atomic E-state index is -0.136. The van der Waals surface area contributed by atoms with Crippen molar-refractivity contribution in [3.05, 3.63) is 74.3 Å². The van der Waals surface area contributed by atoms with Gasteiger partial charge in [0.15, 0.2) is 0 Å². The number of thiophene rings is 2. The van der Waals surface area contributed by atoms with Crippen LogP contribution in [0.1, 0.15) is 31.2 Å². The summed E-state index contributed by atoms with van der Waals surface area (Å²) in [4.78, 5) is 15.7. The molecule has 130 valence electrons. The lowest BCUT2D eigenvalue weighted by molar-refractivity contribution is -0.929. The van der Waals surface area contributed by atoms with Crippen LogP contribution in [0.15, 0.2) is 47.8 Å². The number of carbonyl (C=O) groups excluding carboxylic acids is 1. The van der Waals surface area contributed by atoms with Gasteiger partial charge in [0.1, 0.15) is 24.2 Å². The second-order valence-electron chi connectivity index (χ2n) is 6.34. The van der Waals surface area contributed by atoms with Crippen LogP contribution in [0, 0.1) is 11.3 Å². The summed E-state index contributed by atoms with van der Waals surface area (Å²) in [5, 5.41) is 15.1. The lowest BCUT2D eigenvalue weighted by Gasteiger charge is -2.23. The fraction of sp³-hybridized carbons (Fsp3) is 0.200. The quantitative estimate of drug-likeness (QED) is 0.731. The van der Waals surface area contributed by atoms with Gasteiger partial charge in [-0.1, -0.05) is 36.4 Å². The highest BCUT2D eigenvalue weighted by atomic mass is 32.1. The van der Waals surface area contributed by atoms with E-state index in [2.05, 4.69) is 35.7 Å². The fourth-order valence-electron chi connectivity index (χ4n) is 3.35. The molecule has 1 aliphatic heterocycles. The van der Waals surface area contributed by atoms with Gasteiger partial charge in [-0.15, -0.1) is 22.7 Å². The van der Waals surface area contributed by atoms with Crippen LogP contribution >= 0.6 is 22.7 Å². The molecule has 4 rings (SSSR count). The fourth-order valence-corrected chi connectivity index (χ4v) is 5.23. The van der Waals surface area contributed by atoms with Crippen molar-refractivity contribution in [3.63, 3.8) is 0 Å². The SMILES string of the molecule is N#Cc1c(NC(=O)c2cccs2)sc2c1CC[NH+](Cc1ccccc1)C2. The van der Waals surface area contributed by atoms with Gasteiger partial charge in [0.05, 0.1) is 21.9 Å². The van der Waals surface area contributed by atoms with Crippen molar-refractivity contribution in [1.29, 1.82) is 5.26 Å². The maximum Gasteiger partial charge on any atom is 0.266 e. The number of hydrogen-bond donors (Lipinski definition) is 2. The van der Waals surface area contributed by atoms with Crippen molar-refractivity contribution in [2.75, 3.05) is 11.9 Å². The molecule has 0 aliphatic carbocycles. The van der Waals surface area contributed by atoms with Crippen molar-refractivity contribution in [2.24, 2.45) is 0 Å². The van der Waals surface area contributed by atoms with Gasteiger partial charge >= 0.3 is 0 Å². The Hall–Kier alpha value is -2.46. The van der Waals surface area contributed by atoms with Gasteiger partial charge in [-0.05, 0) is 17.0 Å². The minimum Gasteiger partial charge on any atom is -0.326 e. The summed E-state index contributed by atoms with van der Waals surface area (Å²) >= 11 is 2.96. The molecule has 1 unspecified atom stereocenters. The van der Waals surface area contributed by atoms with E-state index in [1.54, 1.807) is 17.4 Å². The zero-order chi connectivity index (χ0) is 17.9. The lowest BCUT2D eigenvalue weighted by Crippen LogP contribution is -3.10.